The number of hydrogen-bond acceptors (Lipinski definition) is 4. The lowest BCUT2D eigenvalue weighted by Crippen LogP contribution is -1.99. The van der Waals surface area contributed by atoms with Crippen LogP contribution in [0.3, 0.4) is 0 Å². The van der Waals surface area contributed by atoms with E-state index in [1.54, 1.807) is 6.92 Å². The lowest BCUT2D eigenvalue weighted by atomic mass is 10.3. The molecule has 1 N–H and O–H groups in total. The third kappa shape index (κ3) is 5.94. The van der Waals surface area contributed by atoms with Gasteiger partial charge in [0, 0.05) is 8.66 Å². The molecule has 0 saturated carbocycles. The normalized spacial score (nSPS) is 9.50. The summed E-state index contributed by atoms with van der Waals surface area (Å²) in [7, 11) is 0. The summed E-state index contributed by atoms with van der Waals surface area (Å²) in [4.78, 5) is 11.7. The number of aryl methyl sites for hydroxylation is 1. The maximum Gasteiger partial charge on any atom is 0.230 e. The van der Waals surface area contributed by atoms with E-state index in [4.69, 9.17) is 4.34 Å². The highest BCUT2D eigenvalue weighted by molar-refractivity contribution is 5.52. The van der Waals surface area contributed by atoms with E-state index < -0.39 is 0 Å². The summed E-state index contributed by atoms with van der Waals surface area (Å²) in [5.74, 6) is 0.937. The zero-order chi connectivity index (χ0) is 16.7. The van der Waals surface area contributed by atoms with E-state index in [1.807, 2.05) is 58.0 Å². The Morgan fingerprint density at radius 3 is 2.28 bits per heavy atom. The largest absolute Gasteiger partial charge is 0.324 e. The van der Waals surface area contributed by atoms with Gasteiger partial charge in [-0.15, -0.1) is 0 Å². The number of nitrogens with one attached hydrogen (secondary N) is 1. The van der Waals surface area contributed by atoms with Crippen molar-refractivity contribution in [1.29, 1.82) is 0 Å². The summed E-state index contributed by atoms with van der Waals surface area (Å²) in [5.41, 5.74) is 0.891. The van der Waals surface area contributed by atoms with Crippen LogP contribution >= 0.6 is 0 Å². The molecule has 100 valence electrons. The number of para-hydroxylation sites is 1. The summed E-state index contributed by atoms with van der Waals surface area (Å²) in [5, 5.41) is 3.00. The Kier molecular flexibility index (Phi) is 7.08. The van der Waals surface area contributed by atoms with E-state index in [2.05, 4.69) is 20.3 Å². The zero-order valence-corrected chi connectivity index (χ0v) is 11.7. The fourth-order valence-electron chi connectivity index (χ4n) is 1.05. The summed E-state index contributed by atoms with van der Waals surface area (Å²) in [6.07, 6.45) is -0.0269. The predicted molar refractivity (Wildman–Crippen MR) is 79.1 cm³/mol. The Hall–Kier alpha value is -1.97. The van der Waals surface area contributed by atoms with Crippen LogP contribution < -0.4 is 5.32 Å². The average Bonchev–Trinajstić information content (AvgIpc) is 2.53. The van der Waals surface area contributed by atoms with Gasteiger partial charge in [-0.05, 0) is 19.1 Å². The molecule has 18 heavy (non-hydrogen) atoms. The quantitative estimate of drug-likeness (QED) is 0.871. The molecule has 0 spiro atoms. The monoisotopic (exact) mass is 254 g/mol. The maximum atomic E-state index is 7.34. The Morgan fingerprint density at radius 2 is 1.72 bits per heavy atom. The van der Waals surface area contributed by atoms with Gasteiger partial charge in [0.25, 0.3) is 0 Å². The topological polar surface area (TPSA) is 50.7 Å². The van der Waals surface area contributed by atoms with Gasteiger partial charge in [0.1, 0.15) is 13.5 Å². The molecule has 0 aliphatic carbocycles. The van der Waals surface area contributed by atoms with Crippen molar-refractivity contribution in [2.75, 3.05) is 5.32 Å². The molecule has 0 radical (unpaired) electrons. The van der Waals surface area contributed by atoms with Crippen LogP contribution in [0.5, 0.6) is 0 Å². The van der Waals surface area contributed by atoms with Gasteiger partial charge in [-0.3, -0.25) is 0 Å². The van der Waals surface area contributed by atoms with E-state index in [9.17, 15) is 0 Å². The molecule has 2 aromatic rings. The number of hydrogen-bond donors (Lipinski definition) is 1. The summed E-state index contributed by atoms with van der Waals surface area (Å²) in [6.45, 7) is 9.73. The summed E-state index contributed by atoms with van der Waals surface area (Å²) < 4.78 is 17.3. The van der Waals surface area contributed by atoms with Crippen molar-refractivity contribution in [1.82, 2.24) is 15.0 Å². The van der Waals surface area contributed by atoms with Gasteiger partial charge >= 0.3 is 0 Å². The van der Waals surface area contributed by atoms with Crippen LogP contribution in [-0.2, 0) is 0 Å². The van der Waals surface area contributed by atoms with Crippen molar-refractivity contribution in [2.24, 2.45) is 0 Å². The van der Waals surface area contributed by atoms with Gasteiger partial charge in [0.2, 0.25) is 5.95 Å². The van der Waals surface area contributed by atoms with Gasteiger partial charge in [-0.1, -0.05) is 45.9 Å². The molecule has 1 heterocycles. The number of aromatic nitrogens is 3. The maximum absolute atomic E-state index is 7.34. The van der Waals surface area contributed by atoms with Crippen LogP contribution in [0, 0.1) is 6.92 Å². The van der Waals surface area contributed by atoms with Gasteiger partial charge < -0.3 is 5.32 Å². The molecule has 2 rings (SSSR count). The fraction of sp³-hybridized carbons (Fsp3) is 0.357. The van der Waals surface area contributed by atoms with Crippen LogP contribution in [0.2, 0.25) is 0 Å². The zero-order valence-electron chi connectivity index (χ0n) is 14.7. The first-order valence-electron chi connectivity index (χ1n) is 7.75. The molecule has 0 fully saturated rings. The first-order chi connectivity index (χ1) is 10.2. The molecule has 4 heteroatoms. The Labute approximate surface area is 114 Å². The average molecular weight is 254 g/mol. The molecule has 0 saturated heterocycles. The molecule has 0 amide bonds. The molecule has 1 aromatic heterocycles. The predicted octanol–water partition coefficient (Wildman–Crippen LogP) is 4.22. The first kappa shape index (κ1) is 12.5. The Balaban J connectivity index is 0. The molecular formula is C14H24N4. The Bertz CT molecular complexity index is 447. The molecule has 0 aliphatic rings. The van der Waals surface area contributed by atoms with E-state index in [-0.39, 0.29) is 6.30 Å². The highest BCUT2D eigenvalue weighted by atomic mass is 15.1. The highest BCUT2D eigenvalue weighted by Gasteiger charge is 1.96. The minimum absolute atomic E-state index is 0.0269. The van der Waals surface area contributed by atoms with Gasteiger partial charge in [0.15, 0.2) is 0 Å². The van der Waals surface area contributed by atoms with Crippen molar-refractivity contribution >= 4 is 11.6 Å². The second-order valence-electron chi connectivity index (χ2n) is 2.80. The SMILES string of the molecule is CC.CC.[3H][3H].[3H]c1nc(C)nc(Nc2ccccc2)n1. The second kappa shape index (κ2) is 10.2. The second-order valence-corrected chi connectivity index (χ2v) is 2.80. The van der Waals surface area contributed by atoms with Crippen LogP contribution in [-0.4, -0.2) is 15.0 Å². The fourth-order valence-corrected chi connectivity index (χ4v) is 1.05. The van der Waals surface area contributed by atoms with E-state index in [1.165, 1.54) is 0 Å². The van der Waals surface area contributed by atoms with Gasteiger partial charge in [-0.25, -0.2) is 9.97 Å². The van der Waals surface area contributed by atoms with Crippen molar-refractivity contribution in [3.8, 4) is 0 Å². The van der Waals surface area contributed by atoms with Gasteiger partial charge in [-0.2, -0.15) is 4.98 Å². The molecule has 0 unspecified atom stereocenters. The smallest absolute Gasteiger partial charge is 0.230 e. The molecular weight excluding hydrogens is 224 g/mol. The van der Waals surface area contributed by atoms with Crippen LogP contribution in [0.1, 0.15) is 37.9 Å². The highest BCUT2D eigenvalue weighted by Crippen LogP contribution is 2.10. The van der Waals surface area contributed by atoms with Crippen molar-refractivity contribution in [3.63, 3.8) is 0 Å². The lowest BCUT2D eigenvalue weighted by molar-refractivity contribution is 0.982. The third-order valence-corrected chi connectivity index (χ3v) is 1.67. The number of rotatable bonds is 2. The van der Waals surface area contributed by atoms with E-state index >= 15 is 0 Å². The number of nitrogens with zero attached hydrogens (tertiary/aromatic N) is 3. The van der Waals surface area contributed by atoms with Crippen LogP contribution in [0.15, 0.2) is 36.6 Å². The minimum Gasteiger partial charge on any atom is -0.324 e. The first-order valence-corrected chi connectivity index (χ1v) is 6.25. The summed E-state index contributed by atoms with van der Waals surface area (Å²) >= 11 is 0. The molecule has 4 nitrogen and oxygen atoms in total. The van der Waals surface area contributed by atoms with E-state index in [0.717, 1.165) is 5.69 Å². The number of anilines is 2. The third-order valence-electron chi connectivity index (χ3n) is 1.67. The van der Waals surface area contributed by atoms with Crippen molar-refractivity contribution < 1.29 is 4.34 Å². The molecule has 1 aromatic carbocycles. The van der Waals surface area contributed by atoms with Crippen LogP contribution in [0.4, 0.5) is 11.6 Å². The van der Waals surface area contributed by atoms with E-state index in [0.29, 0.717) is 11.8 Å². The lowest BCUT2D eigenvalue weighted by Gasteiger charge is -2.03. The minimum atomic E-state index is -0.0269. The molecule has 0 bridgehead atoms. The van der Waals surface area contributed by atoms with Crippen molar-refractivity contribution in [3.05, 3.63) is 42.5 Å². The summed E-state index contributed by atoms with van der Waals surface area (Å²) in [6, 6.07) is 9.57. The molecule has 0 atom stereocenters. The van der Waals surface area contributed by atoms with Crippen molar-refractivity contribution in [2.45, 2.75) is 34.6 Å². The molecule has 0 aliphatic heterocycles. The van der Waals surface area contributed by atoms with Crippen LogP contribution in [0.25, 0.3) is 0 Å². The van der Waals surface area contributed by atoms with Gasteiger partial charge in [0.05, 0.1) is 0 Å². The number of benzene rings is 1. The Morgan fingerprint density at radius 1 is 1.11 bits per heavy atom. The standard InChI is InChI=1S/C10H10N4.2C2H6.H2/c1-8-11-7-12-10(13-8)14-9-5-3-2-4-6-9;2*1-2;/h2-7H,1H3,(H,11,12,13,14);2*1-2H3;1H/i7T;;;1+2T.